The summed E-state index contributed by atoms with van der Waals surface area (Å²) in [5, 5.41) is 10.6. The first-order valence-corrected chi connectivity index (χ1v) is 7.24. The van der Waals surface area contributed by atoms with Crippen LogP contribution in [0.5, 0.6) is 0 Å². The van der Waals surface area contributed by atoms with Crippen LogP contribution < -0.4 is 0 Å². The molecule has 4 fully saturated rings. The van der Waals surface area contributed by atoms with E-state index < -0.39 is 21.3 Å². The van der Waals surface area contributed by atoms with Gasteiger partial charge in [0.1, 0.15) is 0 Å². The van der Waals surface area contributed by atoms with Crippen molar-refractivity contribution in [3.8, 4) is 0 Å². The van der Waals surface area contributed by atoms with Crippen molar-refractivity contribution in [3.63, 3.8) is 0 Å². The van der Waals surface area contributed by atoms with Gasteiger partial charge in [0.15, 0.2) is 0 Å². The molecule has 0 heterocycles. The molecule has 4 atom stereocenters. The molecule has 4 bridgehead atoms. The molecule has 3 nitrogen and oxygen atoms in total. The maximum atomic E-state index is 11.9. The number of rotatable bonds is 2. The van der Waals surface area contributed by atoms with Gasteiger partial charge in [-0.2, -0.15) is 0 Å². The summed E-state index contributed by atoms with van der Waals surface area (Å²) in [6, 6.07) is 0. The third-order valence-electron chi connectivity index (χ3n) is 5.14. The molecule has 4 aliphatic carbocycles. The molecule has 4 aliphatic rings. The summed E-state index contributed by atoms with van der Waals surface area (Å²) < 4.78 is 3.22. The van der Waals surface area contributed by atoms with Gasteiger partial charge in [-0.05, 0) is 50.4 Å². The van der Waals surface area contributed by atoms with Crippen LogP contribution in [0.15, 0.2) is 0 Å². The minimum atomic E-state index is -1.53. The molecule has 4 rings (SSSR count). The Hall–Kier alpha value is 0.01000. The van der Waals surface area contributed by atoms with Gasteiger partial charge in [0.25, 0.3) is 0 Å². The molecule has 0 amide bonds. The second kappa shape index (κ2) is 3.77. The molecule has 4 saturated carbocycles. The number of hydrogen-bond acceptors (Lipinski definition) is 3. The van der Waals surface area contributed by atoms with Crippen molar-refractivity contribution in [3.05, 3.63) is 0 Å². The van der Waals surface area contributed by atoms with Gasteiger partial charge in [-0.15, -0.1) is 0 Å². The zero-order valence-corrected chi connectivity index (χ0v) is 11.9. The fourth-order valence-electron chi connectivity index (χ4n) is 4.93. The smallest absolute Gasteiger partial charge is 0.342 e. The van der Waals surface area contributed by atoms with Crippen LogP contribution in [-0.2, 0) is 9.53 Å². The minimum absolute atomic E-state index is 0.442. The van der Waals surface area contributed by atoms with E-state index in [0.717, 1.165) is 32.1 Å². The van der Waals surface area contributed by atoms with Gasteiger partial charge in [0.2, 0.25) is 4.33 Å². The summed E-state index contributed by atoms with van der Waals surface area (Å²) in [7, 11) is 1.30. The molecular weight excluding hydrogens is 275 g/mol. The molecular formula is C13H18Cl2O3. The highest BCUT2D eigenvalue weighted by atomic mass is 35.5. The SMILES string of the molecule is COC(=O)C(Cl)(Cl)C12C[C@@H]3C[C@@H](CC(O)(C3)C1)C2. The number of ether oxygens (including phenoxy) is 1. The highest BCUT2D eigenvalue weighted by molar-refractivity contribution is 6.58. The molecule has 0 radical (unpaired) electrons. The third kappa shape index (κ3) is 1.63. The van der Waals surface area contributed by atoms with Gasteiger partial charge in [0.05, 0.1) is 12.7 Å². The van der Waals surface area contributed by atoms with Gasteiger partial charge in [-0.3, -0.25) is 0 Å². The molecule has 0 aliphatic heterocycles. The molecule has 0 aromatic carbocycles. The predicted molar refractivity (Wildman–Crippen MR) is 68.5 cm³/mol. The standard InChI is InChI=1S/C13H18Cl2O3/c1-18-10(16)13(14,15)11-3-8-2-9(4-11)6-12(17,5-8)7-11/h8-9,17H,2-7H2,1H3/t8-,9+,11?,12?. The number of methoxy groups -OCH3 is 1. The van der Waals surface area contributed by atoms with Crippen LogP contribution in [0.25, 0.3) is 0 Å². The number of carbonyl (C=O) groups excluding carboxylic acids is 1. The van der Waals surface area contributed by atoms with Crippen LogP contribution in [0, 0.1) is 17.3 Å². The van der Waals surface area contributed by atoms with Gasteiger partial charge in [0, 0.05) is 5.41 Å². The normalized spacial score (nSPS) is 46.2. The summed E-state index contributed by atoms with van der Waals surface area (Å²) in [5.41, 5.74) is -1.19. The van der Waals surface area contributed by atoms with Crippen molar-refractivity contribution in [2.24, 2.45) is 17.3 Å². The van der Waals surface area contributed by atoms with E-state index in [1.807, 2.05) is 0 Å². The number of alkyl halides is 2. The average Bonchev–Trinajstić information content (AvgIpc) is 2.24. The van der Waals surface area contributed by atoms with Crippen molar-refractivity contribution < 1.29 is 14.6 Å². The number of aliphatic hydroxyl groups is 1. The van der Waals surface area contributed by atoms with Gasteiger partial charge >= 0.3 is 5.97 Å². The monoisotopic (exact) mass is 292 g/mol. The zero-order valence-electron chi connectivity index (χ0n) is 10.4. The number of esters is 1. The fourth-order valence-corrected chi connectivity index (χ4v) is 5.52. The molecule has 0 aromatic rings. The van der Waals surface area contributed by atoms with Crippen molar-refractivity contribution >= 4 is 29.2 Å². The Morgan fingerprint density at radius 3 is 2.28 bits per heavy atom. The maximum absolute atomic E-state index is 11.9. The average molecular weight is 293 g/mol. The van der Waals surface area contributed by atoms with Gasteiger partial charge < -0.3 is 9.84 Å². The highest BCUT2D eigenvalue weighted by Gasteiger charge is 2.66. The van der Waals surface area contributed by atoms with E-state index >= 15 is 0 Å². The summed E-state index contributed by atoms with van der Waals surface area (Å²) in [4.78, 5) is 11.9. The Morgan fingerprint density at radius 1 is 1.28 bits per heavy atom. The summed E-state index contributed by atoms with van der Waals surface area (Å²) in [6.45, 7) is 0. The largest absolute Gasteiger partial charge is 0.467 e. The molecule has 0 saturated heterocycles. The van der Waals surface area contributed by atoms with Crippen LogP contribution in [0.4, 0.5) is 0 Å². The second-order valence-corrected chi connectivity index (χ2v) is 7.86. The lowest BCUT2D eigenvalue weighted by Gasteiger charge is -2.62. The van der Waals surface area contributed by atoms with E-state index in [4.69, 9.17) is 27.9 Å². The molecule has 2 unspecified atom stereocenters. The van der Waals surface area contributed by atoms with Crippen molar-refractivity contribution in [2.75, 3.05) is 7.11 Å². The lowest BCUT2D eigenvalue weighted by Crippen LogP contribution is -2.62. The fraction of sp³-hybridized carbons (Fsp3) is 0.923. The number of halogens is 2. The Bertz CT molecular complexity index is 380. The van der Waals surface area contributed by atoms with Crippen molar-refractivity contribution in [1.29, 1.82) is 0 Å². The van der Waals surface area contributed by atoms with Crippen molar-refractivity contribution in [2.45, 2.75) is 48.5 Å². The first-order chi connectivity index (χ1) is 8.30. The first kappa shape index (κ1) is 13.0. The zero-order chi connectivity index (χ0) is 13.2. The molecule has 5 heteroatoms. The molecule has 1 N–H and O–H groups in total. The number of hydrogen-bond donors (Lipinski definition) is 1. The quantitative estimate of drug-likeness (QED) is 0.629. The second-order valence-electron chi connectivity index (χ2n) is 6.53. The lowest BCUT2D eigenvalue weighted by atomic mass is 9.47. The third-order valence-corrected chi connectivity index (χ3v) is 6.25. The summed E-state index contributed by atoms with van der Waals surface area (Å²) in [5.74, 6) is 0.298. The van der Waals surface area contributed by atoms with Crippen LogP contribution >= 0.6 is 23.2 Å². The van der Waals surface area contributed by atoms with E-state index in [1.54, 1.807) is 0 Å². The molecule has 0 spiro atoms. The van der Waals surface area contributed by atoms with Crippen LogP contribution in [0.1, 0.15) is 38.5 Å². The highest BCUT2D eigenvalue weighted by Crippen LogP contribution is 2.67. The Labute approximate surface area is 117 Å². The minimum Gasteiger partial charge on any atom is -0.467 e. The predicted octanol–water partition coefficient (Wildman–Crippen LogP) is 2.66. The molecule has 0 aromatic heterocycles. The Morgan fingerprint density at radius 2 is 1.83 bits per heavy atom. The van der Waals surface area contributed by atoms with Crippen LogP contribution in [0.3, 0.4) is 0 Å². The lowest BCUT2D eigenvalue weighted by molar-refractivity contribution is -0.178. The molecule has 102 valence electrons. The molecule has 18 heavy (non-hydrogen) atoms. The van der Waals surface area contributed by atoms with E-state index in [2.05, 4.69) is 0 Å². The van der Waals surface area contributed by atoms with Gasteiger partial charge in [-0.1, -0.05) is 23.2 Å². The van der Waals surface area contributed by atoms with E-state index in [0.29, 0.717) is 18.3 Å². The maximum Gasteiger partial charge on any atom is 0.342 e. The van der Waals surface area contributed by atoms with Crippen LogP contribution in [-0.4, -0.2) is 28.1 Å². The summed E-state index contributed by atoms with van der Waals surface area (Å²) in [6.07, 6.45) is 4.97. The van der Waals surface area contributed by atoms with Crippen LogP contribution in [0.2, 0.25) is 0 Å². The Kier molecular flexibility index (Phi) is 2.73. The Balaban J connectivity index is 1.98. The van der Waals surface area contributed by atoms with Gasteiger partial charge in [-0.25, -0.2) is 4.79 Å². The topological polar surface area (TPSA) is 46.5 Å². The van der Waals surface area contributed by atoms with E-state index in [-0.39, 0.29) is 0 Å². The van der Waals surface area contributed by atoms with E-state index in [1.165, 1.54) is 7.11 Å². The van der Waals surface area contributed by atoms with E-state index in [9.17, 15) is 9.90 Å². The number of carbonyl (C=O) groups is 1. The van der Waals surface area contributed by atoms with Crippen molar-refractivity contribution in [1.82, 2.24) is 0 Å². The summed E-state index contributed by atoms with van der Waals surface area (Å²) >= 11 is 12.7. The first-order valence-electron chi connectivity index (χ1n) is 6.49.